The lowest BCUT2D eigenvalue weighted by molar-refractivity contribution is -0.119. The number of nitrogens with one attached hydrogen (secondary N) is 2. The highest BCUT2D eigenvalue weighted by Crippen LogP contribution is 2.27. The molecule has 1 heterocycles. The molecule has 1 unspecified atom stereocenters. The van der Waals surface area contributed by atoms with Crippen LogP contribution < -0.4 is 10.6 Å². The maximum Gasteiger partial charge on any atom is 0.244 e. The first-order valence-corrected chi connectivity index (χ1v) is 11.6. The Balaban J connectivity index is 1.91. The van der Waals surface area contributed by atoms with E-state index >= 15 is 0 Å². The number of amides is 2. The van der Waals surface area contributed by atoms with E-state index in [1.807, 2.05) is 24.3 Å². The van der Waals surface area contributed by atoms with Gasteiger partial charge in [-0.25, -0.2) is 17.7 Å². The van der Waals surface area contributed by atoms with E-state index < -0.39 is 16.1 Å². The third-order valence-corrected chi connectivity index (χ3v) is 7.06. The molecule has 3 rings (SSSR count). The van der Waals surface area contributed by atoms with Gasteiger partial charge in [-0.1, -0.05) is 23.7 Å². The quantitative estimate of drug-likeness (QED) is 0.543. The van der Waals surface area contributed by atoms with Crippen LogP contribution in [0.15, 0.2) is 47.4 Å². The van der Waals surface area contributed by atoms with Gasteiger partial charge >= 0.3 is 0 Å². The molecule has 32 heavy (non-hydrogen) atoms. The number of rotatable bonds is 7. The second-order valence-corrected chi connectivity index (χ2v) is 9.98. The average molecular weight is 478 g/mol. The summed E-state index contributed by atoms with van der Waals surface area (Å²) in [6.45, 7) is 3.11. The Kier molecular flexibility index (Phi) is 6.87. The Morgan fingerprint density at radius 3 is 2.53 bits per heavy atom. The van der Waals surface area contributed by atoms with E-state index in [9.17, 15) is 18.0 Å². The molecule has 0 aliphatic carbocycles. The van der Waals surface area contributed by atoms with E-state index in [2.05, 4.69) is 15.6 Å². The van der Waals surface area contributed by atoms with E-state index in [1.165, 1.54) is 39.2 Å². The maximum atomic E-state index is 12.9. The molecule has 3 aromatic rings. The van der Waals surface area contributed by atoms with Crippen LogP contribution in [0.25, 0.3) is 11.0 Å². The van der Waals surface area contributed by atoms with Crippen LogP contribution in [0.5, 0.6) is 0 Å². The summed E-state index contributed by atoms with van der Waals surface area (Å²) in [5, 5.41) is 5.56. The number of hydrogen-bond donors (Lipinski definition) is 2. The molecule has 1 atom stereocenters. The maximum absolute atomic E-state index is 12.9. The molecular weight excluding hydrogens is 454 g/mol. The Hall–Kier alpha value is -2.95. The summed E-state index contributed by atoms with van der Waals surface area (Å²) >= 11 is 6.07. The standard InChI is InChI=1S/C21H24ClN5O4S/c1-13(23-14(2)28)21-25-17-7-5-6-8-18(17)27(21)12-20(29)24-15-9-10-16(22)19(11-15)32(30,31)26(3)4/h5-11,13H,12H2,1-4H3,(H,23,28)(H,24,29). The third kappa shape index (κ3) is 4.93. The van der Waals surface area contributed by atoms with Gasteiger partial charge in [0.15, 0.2) is 0 Å². The minimum absolute atomic E-state index is 0.0590. The summed E-state index contributed by atoms with van der Waals surface area (Å²) in [6, 6.07) is 11.2. The Labute approximate surface area is 191 Å². The predicted octanol–water partition coefficient (Wildman–Crippen LogP) is 2.78. The van der Waals surface area contributed by atoms with E-state index in [-0.39, 0.29) is 28.3 Å². The van der Waals surface area contributed by atoms with E-state index in [0.29, 0.717) is 17.0 Å². The largest absolute Gasteiger partial charge is 0.347 e. The van der Waals surface area contributed by atoms with Gasteiger partial charge in [-0.3, -0.25) is 9.59 Å². The average Bonchev–Trinajstić information content (AvgIpc) is 3.07. The first kappa shape index (κ1) is 23.7. The topological polar surface area (TPSA) is 113 Å². The summed E-state index contributed by atoms with van der Waals surface area (Å²) in [7, 11) is -0.976. The van der Waals surface area contributed by atoms with Gasteiger partial charge in [0, 0.05) is 26.7 Å². The number of benzene rings is 2. The number of aromatic nitrogens is 2. The molecule has 0 fully saturated rings. The van der Waals surface area contributed by atoms with Gasteiger partial charge in [0.25, 0.3) is 0 Å². The highest BCUT2D eigenvalue weighted by molar-refractivity contribution is 7.89. The molecule has 2 N–H and O–H groups in total. The van der Waals surface area contributed by atoms with Gasteiger partial charge in [0.1, 0.15) is 17.3 Å². The molecule has 0 saturated carbocycles. The number of fused-ring (bicyclic) bond motifs is 1. The molecule has 9 nitrogen and oxygen atoms in total. The Bertz CT molecular complexity index is 1290. The van der Waals surface area contributed by atoms with Gasteiger partial charge in [-0.15, -0.1) is 0 Å². The van der Waals surface area contributed by atoms with Crippen LogP contribution in [0.1, 0.15) is 25.7 Å². The number of imidazole rings is 1. The Morgan fingerprint density at radius 2 is 1.88 bits per heavy atom. The zero-order valence-electron chi connectivity index (χ0n) is 18.1. The lowest BCUT2D eigenvalue weighted by Crippen LogP contribution is -2.28. The van der Waals surface area contributed by atoms with Crippen molar-refractivity contribution in [3.8, 4) is 0 Å². The summed E-state index contributed by atoms with van der Waals surface area (Å²) < 4.78 is 27.7. The van der Waals surface area contributed by atoms with Crippen LogP contribution in [-0.4, -0.2) is 48.2 Å². The minimum atomic E-state index is -3.78. The fourth-order valence-corrected chi connectivity index (χ4v) is 4.67. The van der Waals surface area contributed by atoms with Crippen molar-refractivity contribution in [1.29, 1.82) is 0 Å². The normalized spacial score (nSPS) is 12.7. The molecule has 0 aliphatic heterocycles. The number of halogens is 1. The second-order valence-electron chi connectivity index (χ2n) is 7.45. The van der Waals surface area contributed by atoms with Crippen LogP contribution in [0.4, 0.5) is 5.69 Å². The van der Waals surface area contributed by atoms with Gasteiger partial charge in [0.05, 0.1) is 22.1 Å². The number of para-hydroxylation sites is 2. The molecule has 1 aromatic heterocycles. The zero-order chi connectivity index (χ0) is 23.6. The van der Waals surface area contributed by atoms with Crippen molar-refractivity contribution >= 4 is 50.2 Å². The number of carbonyl (C=O) groups excluding carboxylic acids is 2. The number of nitrogens with zero attached hydrogens (tertiary/aromatic N) is 3. The van der Waals surface area contributed by atoms with Crippen molar-refractivity contribution in [1.82, 2.24) is 19.2 Å². The molecule has 11 heteroatoms. The van der Waals surface area contributed by atoms with E-state index in [0.717, 1.165) is 9.82 Å². The van der Waals surface area contributed by atoms with Gasteiger partial charge in [-0.05, 0) is 37.3 Å². The Morgan fingerprint density at radius 1 is 1.19 bits per heavy atom. The SMILES string of the molecule is CC(=O)NC(C)c1nc2ccccc2n1CC(=O)Nc1ccc(Cl)c(S(=O)(=O)N(C)C)c1. The van der Waals surface area contributed by atoms with Crippen molar-refractivity contribution in [3.05, 3.63) is 53.3 Å². The van der Waals surface area contributed by atoms with Crippen molar-refractivity contribution in [2.24, 2.45) is 0 Å². The molecule has 2 aromatic carbocycles. The van der Waals surface area contributed by atoms with Gasteiger partial charge < -0.3 is 15.2 Å². The van der Waals surface area contributed by atoms with Crippen LogP contribution in [0, 0.1) is 0 Å². The monoisotopic (exact) mass is 477 g/mol. The van der Waals surface area contributed by atoms with Gasteiger partial charge in [-0.2, -0.15) is 0 Å². The van der Waals surface area contributed by atoms with E-state index in [4.69, 9.17) is 11.6 Å². The lowest BCUT2D eigenvalue weighted by atomic mass is 10.3. The zero-order valence-corrected chi connectivity index (χ0v) is 19.7. The lowest BCUT2D eigenvalue weighted by Gasteiger charge is -2.16. The van der Waals surface area contributed by atoms with E-state index in [1.54, 1.807) is 11.5 Å². The highest BCUT2D eigenvalue weighted by Gasteiger charge is 2.22. The molecule has 170 valence electrons. The first-order chi connectivity index (χ1) is 15.0. The van der Waals surface area contributed by atoms with Crippen molar-refractivity contribution < 1.29 is 18.0 Å². The molecule has 2 amide bonds. The molecular formula is C21H24ClN5O4S. The van der Waals surface area contributed by atoms with Crippen molar-refractivity contribution in [2.75, 3.05) is 19.4 Å². The molecule has 0 radical (unpaired) electrons. The summed E-state index contributed by atoms with van der Waals surface area (Å²) in [5.74, 6) is -0.0696. The fourth-order valence-electron chi connectivity index (χ4n) is 3.28. The number of anilines is 1. The van der Waals surface area contributed by atoms with Crippen LogP contribution >= 0.6 is 11.6 Å². The van der Waals surface area contributed by atoms with Crippen LogP contribution in [-0.2, 0) is 26.2 Å². The summed E-state index contributed by atoms with van der Waals surface area (Å²) in [6.07, 6.45) is 0. The minimum Gasteiger partial charge on any atom is -0.347 e. The molecule has 0 bridgehead atoms. The first-order valence-electron chi connectivity index (χ1n) is 9.75. The third-order valence-electron chi connectivity index (χ3n) is 4.77. The van der Waals surface area contributed by atoms with Crippen molar-refractivity contribution in [2.45, 2.75) is 31.3 Å². The van der Waals surface area contributed by atoms with Gasteiger partial charge in [0.2, 0.25) is 21.8 Å². The molecule has 0 aliphatic rings. The fraction of sp³-hybridized carbons (Fsp3) is 0.286. The number of hydrogen-bond acceptors (Lipinski definition) is 5. The van der Waals surface area contributed by atoms with Crippen LogP contribution in [0.2, 0.25) is 5.02 Å². The smallest absolute Gasteiger partial charge is 0.244 e. The number of carbonyl (C=O) groups is 2. The molecule has 0 spiro atoms. The molecule has 0 saturated heterocycles. The van der Waals surface area contributed by atoms with Crippen molar-refractivity contribution in [3.63, 3.8) is 0 Å². The second kappa shape index (κ2) is 9.27. The summed E-state index contributed by atoms with van der Waals surface area (Å²) in [5.41, 5.74) is 1.72. The summed E-state index contributed by atoms with van der Waals surface area (Å²) in [4.78, 5) is 28.8. The highest BCUT2D eigenvalue weighted by atomic mass is 35.5. The number of sulfonamides is 1. The van der Waals surface area contributed by atoms with Crippen LogP contribution in [0.3, 0.4) is 0 Å². The predicted molar refractivity (Wildman–Crippen MR) is 123 cm³/mol.